The van der Waals surface area contributed by atoms with Crippen LogP contribution in [0.1, 0.15) is 48.9 Å². The Balaban J connectivity index is 1.83. The van der Waals surface area contributed by atoms with Crippen molar-refractivity contribution in [2.45, 2.75) is 32.6 Å². The first-order valence-corrected chi connectivity index (χ1v) is 6.62. The smallest absolute Gasteiger partial charge is 0.273 e. The molecule has 2 heterocycles. The quantitative estimate of drug-likeness (QED) is 0.851. The summed E-state index contributed by atoms with van der Waals surface area (Å²) in [5.74, 6) is 1.45. The fourth-order valence-electron chi connectivity index (χ4n) is 2.08. The lowest BCUT2D eigenvalue weighted by molar-refractivity contribution is 0.0935. The van der Waals surface area contributed by atoms with Crippen LogP contribution in [0.25, 0.3) is 0 Å². The molecule has 1 amide bonds. The number of aromatic nitrogens is 1. The van der Waals surface area contributed by atoms with E-state index in [4.69, 9.17) is 4.52 Å². The van der Waals surface area contributed by atoms with Crippen LogP contribution in [-0.2, 0) is 0 Å². The van der Waals surface area contributed by atoms with E-state index in [0.29, 0.717) is 11.6 Å². The monoisotopic (exact) mass is 251 g/mol. The normalized spacial score (nSPS) is 17.1. The molecule has 0 bridgehead atoms. The van der Waals surface area contributed by atoms with Crippen LogP contribution in [0, 0.1) is 5.92 Å². The van der Waals surface area contributed by atoms with Gasteiger partial charge in [0.2, 0.25) is 0 Å². The van der Waals surface area contributed by atoms with Gasteiger partial charge < -0.3 is 15.2 Å². The van der Waals surface area contributed by atoms with Gasteiger partial charge >= 0.3 is 0 Å². The van der Waals surface area contributed by atoms with Crippen molar-refractivity contribution < 1.29 is 9.32 Å². The van der Waals surface area contributed by atoms with Crippen molar-refractivity contribution >= 4 is 5.91 Å². The van der Waals surface area contributed by atoms with Crippen molar-refractivity contribution in [2.24, 2.45) is 5.92 Å². The third-order valence-electron chi connectivity index (χ3n) is 3.34. The zero-order chi connectivity index (χ0) is 13.0. The Bertz CT molecular complexity index is 395. The molecule has 1 aromatic rings. The lowest BCUT2D eigenvalue weighted by atomic mass is 9.98. The summed E-state index contributed by atoms with van der Waals surface area (Å²) in [6, 6.07) is 1.72. The molecule has 0 atom stereocenters. The zero-order valence-electron chi connectivity index (χ0n) is 11.0. The van der Waals surface area contributed by atoms with E-state index in [2.05, 4.69) is 15.8 Å². The summed E-state index contributed by atoms with van der Waals surface area (Å²) < 4.78 is 5.12. The van der Waals surface area contributed by atoms with Crippen LogP contribution >= 0.6 is 0 Å². The van der Waals surface area contributed by atoms with E-state index in [1.807, 2.05) is 13.8 Å². The molecule has 18 heavy (non-hydrogen) atoms. The molecular formula is C13H21N3O2. The first-order valence-electron chi connectivity index (χ1n) is 6.62. The van der Waals surface area contributed by atoms with Gasteiger partial charge in [-0.2, -0.15) is 0 Å². The van der Waals surface area contributed by atoms with E-state index in [0.717, 1.165) is 38.2 Å². The van der Waals surface area contributed by atoms with Crippen LogP contribution in [0.3, 0.4) is 0 Å². The second kappa shape index (κ2) is 6.00. The predicted octanol–water partition coefficient (Wildman–Crippen LogP) is 1.53. The van der Waals surface area contributed by atoms with Crippen molar-refractivity contribution in [1.29, 1.82) is 0 Å². The Labute approximate surface area is 107 Å². The van der Waals surface area contributed by atoms with Crippen molar-refractivity contribution in [3.05, 3.63) is 17.5 Å². The summed E-state index contributed by atoms with van der Waals surface area (Å²) in [7, 11) is 0. The van der Waals surface area contributed by atoms with Crippen molar-refractivity contribution in [2.75, 3.05) is 19.6 Å². The molecule has 1 fully saturated rings. The Morgan fingerprint density at radius 3 is 2.89 bits per heavy atom. The number of rotatable bonds is 4. The number of carbonyl (C=O) groups is 1. The number of piperidine rings is 1. The van der Waals surface area contributed by atoms with Crippen molar-refractivity contribution in [3.8, 4) is 0 Å². The van der Waals surface area contributed by atoms with Gasteiger partial charge in [-0.3, -0.25) is 4.79 Å². The zero-order valence-corrected chi connectivity index (χ0v) is 11.0. The van der Waals surface area contributed by atoms with Crippen LogP contribution in [0.4, 0.5) is 0 Å². The summed E-state index contributed by atoms with van der Waals surface area (Å²) >= 11 is 0. The minimum absolute atomic E-state index is 0.135. The molecule has 100 valence electrons. The molecule has 1 saturated heterocycles. The van der Waals surface area contributed by atoms with E-state index < -0.39 is 0 Å². The summed E-state index contributed by atoms with van der Waals surface area (Å²) in [5.41, 5.74) is 0.382. The predicted molar refractivity (Wildman–Crippen MR) is 68.5 cm³/mol. The highest BCUT2D eigenvalue weighted by Crippen LogP contribution is 2.15. The highest BCUT2D eigenvalue weighted by atomic mass is 16.5. The Morgan fingerprint density at radius 1 is 1.56 bits per heavy atom. The van der Waals surface area contributed by atoms with Gasteiger partial charge in [-0.1, -0.05) is 19.0 Å². The summed E-state index contributed by atoms with van der Waals surface area (Å²) in [5, 5.41) is 10.0. The number of carbonyl (C=O) groups excluding carboxylic acids is 1. The SMILES string of the molecule is CC(C)c1cc(C(=O)NCC2CCNCC2)no1. The van der Waals surface area contributed by atoms with E-state index >= 15 is 0 Å². The molecule has 0 saturated carbocycles. The topological polar surface area (TPSA) is 67.2 Å². The Morgan fingerprint density at radius 2 is 2.28 bits per heavy atom. The molecule has 5 nitrogen and oxygen atoms in total. The maximum absolute atomic E-state index is 11.9. The third kappa shape index (κ3) is 3.32. The maximum Gasteiger partial charge on any atom is 0.273 e. The molecular weight excluding hydrogens is 230 g/mol. The number of hydrogen-bond donors (Lipinski definition) is 2. The largest absolute Gasteiger partial charge is 0.360 e. The van der Waals surface area contributed by atoms with E-state index in [1.54, 1.807) is 6.07 Å². The second-order valence-electron chi connectivity index (χ2n) is 5.17. The molecule has 0 aliphatic carbocycles. The van der Waals surface area contributed by atoms with E-state index in [9.17, 15) is 4.79 Å². The van der Waals surface area contributed by atoms with Gasteiger partial charge in [0.15, 0.2) is 5.69 Å². The van der Waals surface area contributed by atoms with Crippen LogP contribution in [0.15, 0.2) is 10.6 Å². The summed E-state index contributed by atoms with van der Waals surface area (Å²) in [4.78, 5) is 11.9. The minimum atomic E-state index is -0.135. The molecule has 2 rings (SSSR count). The van der Waals surface area contributed by atoms with Gasteiger partial charge in [-0.05, 0) is 31.8 Å². The van der Waals surface area contributed by atoms with Gasteiger partial charge in [0.1, 0.15) is 5.76 Å². The fourth-order valence-corrected chi connectivity index (χ4v) is 2.08. The molecule has 0 aromatic carbocycles. The van der Waals surface area contributed by atoms with E-state index in [-0.39, 0.29) is 11.8 Å². The van der Waals surface area contributed by atoms with Crippen LogP contribution in [0.5, 0.6) is 0 Å². The minimum Gasteiger partial charge on any atom is -0.360 e. The van der Waals surface area contributed by atoms with Crippen LogP contribution in [-0.4, -0.2) is 30.7 Å². The van der Waals surface area contributed by atoms with Gasteiger partial charge in [0.25, 0.3) is 5.91 Å². The standard InChI is InChI=1S/C13H21N3O2/c1-9(2)12-7-11(16-18-12)13(17)15-8-10-3-5-14-6-4-10/h7,9-10,14H,3-6,8H2,1-2H3,(H,15,17). The molecule has 0 unspecified atom stereocenters. The molecule has 5 heteroatoms. The number of amides is 1. The average molecular weight is 251 g/mol. The average Bonchev–Trinajstić information content (AvgIpc) is 2.87. The molecule has 2 N–H and O–H groups in total. The summed E-state index contributed by atoms with van der Waals surface area (Å²) in [6.45, 7) is 6.84. The van der Waals surface area contributed by atoms with Gasteiger partial charge in [-0.25, -0.2) is 0 Å². The molecule has 1 aliphatic heterocycles. The lowest BCUT2D eigenvalue weighted by Gasteiger charge is -2.22. The highest BCUT2D eigenvalue weighted by Gasteiger charge is 2.17. The van der Waals surface area contributed by atoms with Gasteiger partial charge in [0, 0.05) is 18.5 Å². The number of nitrogens with zero attached hydrogens (tertiary/aromatic N) is 1. The summed E-state index contributed by atoms with van der Waals surface area (Å²) in [6.07, 6.45) is 2.24. The molecule has 1 aliphatic rings. The van der Waals surface area contributed by atoms with Gasteiger partial charge in [0.05, 0.1) is 0 Å². The molecule has 1 aromatic heterocycles. The second-order valence-corrected chi connectivity index (χ2v) is 5.17. The Hall–Kier alpha value is -1.36. The number of hydrogen-bond acceptors (Lipinski definition) is 4. The first-order chi connectivity index (χ1) is 8.66. The number of nitrogens with one attached hydrogen (secondary N) is 2. The fraction of sp³-hybridized carbons (Fsp3) is 0.692. The highest BCUT2D eigenvalue weighted by molar-refractivity contribution is 5.92. The van der Waals surface area contributed by atoms with Crippen molar-refractivity contribution in [1.82, 2.24) is 15.8 Å². The van der Waals surface area contributed by atoms with E-state index in [1.165, 1.54) is 0 Å². The Kier molecular flexibility index (Phi) is 4.36. The van der Waals surface area contributed by atoms with Crippen LogP contribution in [0.2, 0.25) is 0 Å². The lowest BCUT2D eigenvalue weighted by Crippen LogP contribution is -2.36. The third-order valence-corrected chi connectivity index (χ3v) is 3.34. The molecule has 0 radical (unpaired) electrons. The first kappa shape index (κ1) is 13.1. The van der Waals surface area contributed by atoms with Crippen LogP contribution < -0.4 is 10.6 Å². The molecule has 0 spiro atoms. The van der Waals surface area contributed by atoms with Crippen molar-refractivity contribution in [3.63, 3.8) is 0 Å². The maximum atomic E-state index is 11.9. The van der Waals surface area contributed by atoms with Gasteiger partial charge in [-0.15, -0.1) is 0 Å².